The Morgan fingerprint density at radius 1 is 1.40 bits per heavy atom. The zero-order chi connectivity index (χ0) is 21.3. The Balaban J connectivity index is 1.69. The zero-order valence-electron chi connectivity index (χ0n) is 16.6. The molecule has 1 aliphatic rings. The summed E-state index contributed by atoms with van der Waals surface area (Å²) < 4.78 is 9.88. The Labute approximate surface area is 181 Å². The molecule has 1 fully saturated rings. The van der Waals surface area contributed by atoms with Crippen molar-refractivity contribution in [3.05, 3.63) is 39.3 Å². The van der Waals surface area contributed by atoms with E-state index in [0.29, 0.717) is 35.1 Å². The van der Waals surface area contributed by atoms with E-state index in [1.165, 1.54) is 16.2 Å². The van der Waals surface area contributed by atoms with Crippen molar-refractivity contribution in [3.8, 4) is 0 Å². The molecule has 0 radical (unpaired) electrons. The minimum Gasteiger partial charge on any atom is -0.395 e. The number of aliphatic hydroxyl groups is 1. The molecule has 158 valence electrons. The van der Waals surface area contributed by atoms with E-state index < -0.39 is 6.10 Å². The molecule has 2 amide bonds. The lowest BCUT2D eigenvalue weighted by Crippen LogP contribution is -2.42. The third-order valence-corrected chi connectivity index (χ3v) is 6.94. The van der Waals surface area contributed by atoms with Crippen LogP contribution < -0.4 is 0 Å². The maximum absolute atomic E-state index is 13.1. The van der Waals surface area contributed by atoms with Crippen LogP contribution in [0, 0.1) is 6.92 Å². The quantitative estimate of drug-likeness (QED) is 0.634. The number of morpholine rings is 1. The van der Waals surface area contributed by atoms with Gasteiger partial charge in [-0.15, -0.1) is 16.4 Å². The van der Waals surface area contributed by atoms with E-state index in [9.17, 15) is 14.7 Å². The van der Waals surface area contributed by atoms with Gasteiger partial charge in [-0.05, 0) is 24.5 Å². The van der Waals surface area contributed by atoms with Crippen LogP contribution in [0.5, 0.6) is 0 Å². The first kappa shape index (κ1) is 20.8. The fraction of sp³-hybridized carbons (Fsp3) is 0.421. The smallest absolute Gasteiger partial charge is 0.267 e. The van der Waals surface area contributed by atoms with Gasteiger partial charge < -0.3 is 19.6 Å². The number of aryl methyl sites for hydroxylation is 1. The summed E-state index contributed by atoms with van der Waals surface area (Å²) in [5, 5.41) is 14.0. The van der Waals surface area contributed by atoms with Gasteiger partial charge in [0.15, 0.2) is 0 Å². The molecule has 1 atom stereocenters. The van der Waals surface area contributed by atoms with Crippen LogP contribution >= 0.6 is 22.9 Å². The van der Waals surface area contributed by atoms with Gasteiger partial charge in [0.2, 0.25) is 0 Å². The molecular formula is C19H21N5O4S2. The van der Waals surface area contributed by atoms with E-state index in [2.05, 4.69) is 14.6 Å². The summed E-state index contributed by atoms with van der Waals surface area (Å²) in [6, 6.07) is 3.74. The second-order valence-corrected chi connectivity index (χ2v) is 8.70. The van der Waals surface area contributed by atoms with Crippen molar-refractivity contribution < 1.29 is 19.4 Å². The molecule has 0 aromatic carbocycles. The summed E-state index contributed by atoms with van der Waals surface area (Å²) >= 11 is 2.39. The second-order valence-electron chi connectivity index (χ2n) is 6.95. The molecule has 0 bridgehead atoms. The number of fused-ring (bicyclic) bond motifs is 1. The zero-order valence-corrected chi connectivity index (χ0v) is 18.2. The number of aromatic nitrogens is 3. The van der Waals surface area contributed by atoms with E-state index in [1.54, 1.807) is 25.1 Å². The average molecular weight is 448 g/mol. The van der Waals surface area contributed by atoms with Gasteiger partial charge in [-0.1, -0.05) is 10.6 Å². The molecule has 1 aliphatic heterocycles. The van der Waals surface area contributed by atoms with E-state index in [0.717, 1.165) is 27.3 Å². The molecular weight excluding hydrogens is 426 g/mol. The topological polar surface area (TPSA) is 109 Å². The van der Waals surface area contributed by atoms with E-state index in [1.807, 2.05) is 12.1 Å². The number of carbonyl (C=O) groups excluding carboxylic acids is 2. The lowest BCUT2D eigenvalue weighted by atomic mass is 10.0. The molecule has 4 heterocycles. The first-order valence-corrected chi connectivity index (χ1v) is 11.0. The average Bonchev–Trinajstić information content (AvgIpc) is 3.36. The number of hydrogen-bond acceptors (Lipinski definition) is 9. The summed E-state index contributed by atoms with van der Waals surface area (Å²) in [7, 11) is 1.65. The number of carbonyl (C=O) groups is 2. The van der Waals surface area contributed by atoms with Crippen LogP contribution in [-0.4, -0.2) is 81.2 Å². The molecule has 11 heteroatoms. The van der Waals surface area contributed by atoms with Crippen LogP contribution in [0.4, 0.5) is 0 Å². The number of nitrogens with zero attached hydrogens (tertiary/aromatic N) is 5. The van der Waals surface area contributed by atoms with Crippen molar-refractivity contribution >= 4 is 44.9 Å². The fourth-order valence-electron chi connectivity index (χ4n) is 3.43. The third-order valence-electron chi connectivity index (χ3n) is 5.00. The van der Waals surface area contributed by atoms with E-state index in [4.69, 9.17) is 4.74 Å². The van der Waals surface area contributed by atoms with Gasteiger partial charge in [0.25, 0.3) is 11.8 Å². The lowest BCUT2D eigenvalue weighted by Gasteiger charge is -2.33. The van der Waals surface area contributed by atoms with Crippen LogP contribution in [0.3, 0.4) is 0 Å². The highest BCUT2D eigenvalue weighted by molar-refractivity contribution is 7.20. The molecule has 3 aromatic rings. The number of rotatable bonds is 5. The first-order chi connectivity index (χ1) is 14.5. The van der Waals surface area contributed by atoms with E-state index >= 15 is 0 Å². The summed E-state index contributed by atoms with van der Waals surface area (Å²) in [4.78, 5) is 35.4. The van der Waals surface area contributed by atoms with Crippen LogP contribution in [0.15, 0.2) is 18.3 Å². The Morgan fingerprint density at radius 3 is 2.97 bits per heavy atom. The van der Waals surface area contributed by atoms with Crippen molar-refractivity contribution in [1.29, 1.82) is 0 Å². The maximum Gasteiger partial charge on any atom is 0.267 e. The monoisotopic (exact) mass is 447 g/mol. The first-order valence-electron chi connectivity index (χ1n) is 9.44. The van der Waals surface area contributed by atoms with Gasteiger partial charge in [0.1, 0.15) is 20.7 Å². The van der Waals surface area contributed by atoms with Crippen molar-refractivity contribution in [2.75, 3.05) is 39.9 Å². The molecule has 9 nitrogen and oxygen atoms in total. The van der Waals surface area contributed by atoms with Gasteiger partial charge >= 0.3 is 0 Å². The molecule has 0 spiro atoms. The highest BCUT2D eigenvalue weighted by Crippen LogP contribution is 2.38. The van der Waals surface area contributed by atoms with Crippen molar-refractivity contribution in [2.24, 2.45) is 0 Å². The van der Waals surface area contributed by atoms with Gasteiger partial charge in [0.05, 0.1) is 25.5 Å². The highest BCUT2D eigenvalue weighted by Gasteiger charge is 2.33. The van der Waals surface area contributed by atoms with Crippen LogP contribution in [0.1, 0.15) is 36.7 Å². The van der Waals surface area contributed by atoms with Crippen LogP contribution in [0.25, 0.3) is 10.2 Å². The number of amides is 2. The molecule has 4 rings (SSSR count). The van der Waals surface area contributed by atoms with Crippen molar-refractivity contribution in [1.82, 2.24) is 24.4 Å². The van der Waals surface area contributed by atoms with Crippen molar-refractivity contribution in [2.45, 2.75) is 13.0 Å². The van der Waals surface area contributed by atoms with Gasteiger partial charge in [-0.2, -0.15) is 0 Å². The summed E-state index contributed by atoms with van der Waals surface area (Å²) in [6.07, 6.45) is 1.23. The Morgan fingerprint density at radius 2 is 2.23 bits per heavy atom. The highest BCUT2D eigenvalue weighted by atomic mass is 32.1. The molecule has 3 aromatic heterocycles. The summed E-state index contributed by atoms with van der Waals surface area (Å²) in [6.45, 7) is 3.01. The molecule has 30 heavy (non-hydrogen) atoms. The van der Waals surface area contributed by atoms with Gasteiger partial charge in [-0.25, -0.2) is 4.98 Å². The number of likely N-dealkylation sites (N-methyl/N-ethyl adjacent to an activating group) is 1. The second kappa shape index (κ2) is 8.72. The minimum atomic E-state index is -0.455. The van der Waals surface area contributed by atoms with Crippen LogP contribution in [0.2, 0.25) is 0 Å². The molecule has 0 aliphatic carbocycles. The maximum atomic E-state index is 13.1. The fourth-order valence-corrected chi connectivity index (χ4v) is 5.25. The Kier molecular flexibility index (Phi) is 6.04. The van der Waals surface area contributed by atoms with Crippen LogP contribution in [-0.2, 0) is 4.74 Å². The molecule has 1 saturated heterocycles. The normalized spacial score (nSPS) is 16.8. The number of hydrogen-bond donors (Lipinski definition) is 1. The number of pyridine rings is 1. The predicted octanol–water partition coefficient (Wildman–Crippen LogP) is 1.73. The molecule has 1 unspecified atom stereocenters. The molecule has 0 saturated carbocycles. The van der Waals surface area contributed by atoms with E-state index in [-0.39, 0.29) is 25.0 Å². The standard InChI is InChI=1S/C19H21N5O4S2/c1-11-15(30-22-21-11)19(27)24-7-9-28-13(10-24)14-12-4-3-5-20-17(12)29-16(14)18(26)23(2)6-8-25/h3-5,13,25H,6-10H2,1-2H3. The molecule has 1 N–H and O–H groups in total. The van der Waals surface area contributed by atoms with Gasteiger partial charge in [0, 0.05) is 37.3 Å². The third kappa shape index (κ3) is 3.81. The summed E-state index contributed by atoms with van der Waals surface area (Å²) in [5.74, 6) is -0.324. The Bertz CT molecular complexity index is 1080. The SMILES string of the molecule is Cc1nnsc1C(=O)N1CCOC(c2c(C(=O)N(C)CCO)sc3ncccc23)C1. The lowest BCUT2D eigenvalue weighted by molar-refractivity contribution is -0.0222. The van der Waals surface area contributed by atoms with Gasteiger partial charge in [-0.3, -0.25) is 9.59 Å². The summed E-state index contributed by atoms with van der Waals surface area (Å²) in [5.41, 5.74) is 1.36. The number of aliphatic hydroxyl groups excluding tert-OH is 1. The number of ether oxygens (including phenoxy) is 1. The number of thiophene rings is 1. The Hall–Kier alpha value is -2.47. The minimum absolute atomic E-state index is 0.120. The largest absolute Gasteiger partial charge is 0.395 e. The van der Waals surface area contributed by atoms with Crippen molar-refractivity contribution in [3.63, 3.8) is 0 Å². The predicted molar refractivity (Wildman–Crippen MR) is 113 cm³/mol.